The first-order chi connectivity index (χ1) is 31.7. The second-order valence-electron chi connectivity index (χ2n) is 16.3. The smallest absolute Gasteiger partial charge is 0.227 e. The van der Waals surface area contributed by atoms with Crippen molar-refractivity contribution in [2.75, 3.05) is 4.90 Å². The van der Waals surface area contributed by atoms with Crippen molar-refractivity contribution in [1.82, 2.24) is 9.55 Å². The third-order valence-electron chi connectivity index (χ3n) is 12.6. The molecule has 3 heterocycles. The van der Waals surface area contributed by atoms with Crippen molar-refractivity contribution in [3.8, 4) is 39.4 Å². The van der Waals surface area contributed by atoms with Gasteiger partial charge in [0.2, 0.25) is 5.89 Å². The number of anilines is 3. The van der Waals surface area contributed by atoms with Gasteiger partial charge >= 0.3 is 0 Å². The largest absolute Gasteiger partial charge is 0.435 e. The van der Waals surface area contributed by atoms with E-state index in [4.69, 9.17) is 9.40 Å². The lowest BCUT2D eigenvalue weighted by Crippen LogP contribution is -2.10. The van der Waals surface area contributed by atoms with Crippen molar-refractivity contribution in [3.63, 3.8) is 0 Å². The molecule has 64 heavy (non-hydrogen) atoms. The van der Waals surface area contributed by atoms with Crippen LogP contribution in [0.15, 0.2) is 229 Å². The van der Waals surface area contributed by atoms with E-state index in [1.54, 1.807) is 0 Å². The van der Waals surface area contributed by atoms with Crippen LogP contribution in [0, 0.1) is 0 Å². The van der Waals surface area contributed by atoms with E-state index < -0.39 is 0 Å². The van der Waals surface area contributed by atoms with Gasteiger partial charge in [0.25, 0.3) is 0 Å². The van der Waals surface area contributed by atoms with E-state index >= 15 is 0 Å². The van der Waals surface area contributed by atoms with Crippen LogP contribution < -0.4 is 4.90 Å². The molecule has 10 aromatic carbocycles. The topological polar surface area (TPSA) is 34.2 Å². The SMILES string of the molecule is c1ccc(-c2nc3cccc(-c4cccc(N(c5cccc(-c6ccc7sc8ccccc8c7c6)c5)c5ccc6c7ccc8ccccc8c7n(-c7ccccc7)c6c5)c4)c3o2)cc1. The lowest BCUT2D eigenvalue weighted by Gasteiger charge is -2.27. The van der Waals surface area contributed by atoms with Gasteiger partial charge in [-0.05, 0) is 107 Å². The highest BCUT2D eigenvalue weighted by Crippen LogP contribution is 2.44. The quantitative estimate of drug-likeness (QED) is 0.160. The Labute approximate surface area is 373 Å². The molecule has 0 bridgehead atoms. The summed E-state index contributed by atoms with van der Waals surface area (Å²) in [6, 6.07) is 80.6. The number of hydrogen-bond donors (Lipinski definition) is 0. The normalized spacial score (nSPS) is 11.8. The van der Waals surface area contributed by atoms with Gasteiger partial charge in [-0.25, -0.2) is 4.98 Å². The average molecular weight is 836 g/mol. The Hall–Kier alpha value is -8.25. The Kier molecular flexibility index (Phi) is 8.36. The molecule has 0 aliphatic rings. The van der Waals surface area contributed by atoms with Crippen LogP contribution in [0.4, 0.5) is 17.1 Å². The number of rotatable bonds is 7. The third-order valence-corrected chi connectivity index (χ3v) is 13.7. The van der Waals surface area contributed by atoms with Gasteiger partial charge in [-0.15, -0.1) is 11.3 Å². The van der Waals surface area contributed by atoms with E-state index in [1.807, 2.05) is 47.7 Å². The van der Waals surface area contributed by atoms with E-state index in [0.717, 1.165) is 61.6 Å². The van der Waals surface area contributed by atoms with Gasteiger partial charge < -0.3 is 13.9 Å². The monoisotopic (exact) mass is 835 g/mol. The highest BCUT2D eigenvalue weighted by atomic mass is 32.1. The lowest BCUT2D eigenvalue weighted by atomic mass is 10.0. The zero-order chi connectivity index (χ0) is 42.1. The number of benzene rings is 10. The summed E-state index contributed by atoms with van der Waals surface area (Å²) in [6.45, 7) is 0. The van der Waals surface area contributed by atoms with E-state index in [0.29, 0.717) is 5.89 Å². The van der Waals surface area contributed by atoms with E-state index in [-0.39, 0.29) is 0 Å². The van der Waals surface area contributed by atoms with Gasteiger partial charge in [0.05, 0.1) is 11.0 Å². The molecule has 0 aliphatic heterocycles. The Balaban J connectivity index is 1.03. The molecule has 4 nitrogen and oxygen atoms in total. The molecule has 0 N–H and O–H groups in total. The summed E-state index contributed by atoms with van der Waals surface area (Å²) in [5, 5.41) is 7.47. The van der Waals surface area contributed by atoms with Gasteiger partial charge in [-0.3, -0.25) is 0 Å². The predicted octanol–water partition coefficient (Wildman–Crippen LogP) is 16.9. The molecule has 13 aromatic rings. The summed E-state index contributed by atoms with van der Waals surface area (Å²) in [5.74, 6) is 0.612. The first-order valence-corrected chi connectivity index (χ1v) is 22.4. The van der Waals surface area contributed by atoms with Crippen LogP contribution >= 0.6 is 11.3 Å². The Morgan fingerprint density at radius 1 is 0.422 bits per heavy atom. The maximum atomic E-state index is 6.56. The standard InChI is InChI=1S/C59H37N3OS/c1-3-15-39(16-4-1)59-60-53-26-13-25-48(58(53)63-59)42-18-12-22-45(35-42)61(44-21-11-17-40(34-44)41-29-33-56-52(36-41)50-24-9-10-27-55(50)64-56)46-30-32-49-51-31-28-38-14-7-8-23-47(38)57(51)62(54(49)37-46)43-19-5-2-6-20-43/h1-37H. The highest BCUT2D eigenvalue weighted by Gasteiger charge is 2.21. The van der Waals surface area contributed by atoms with Gasteiger partial charge in [-0.1, -0.05) is 140 Å². The average Bonchev–Trinajstić information content (AvgIpc) is 4.07. The van der Waals surface area contributed by atoms with Gasteiger partial charge in [0.1, 0.15) is 5.52 Å². The summed E-state index contributed by atoms with van der Waals surface area (Å²) >= 11 is 1.85. The molecule has 0 saturated heterocycles. The molecular formula is C59H37N3OS. The van der Waals surface area contributed by atoms with Crippen molar-refractivity contribution in [3.05, 3.63) is 224 Å². The molecule has 3 aromatic heterocycles. The van der Waals surface area contributed by atoms with Crippen molar-refractivity contribution < 1.29 is 4.42 Å². The van der Waals surface area contributed by atoms with Crippen LogP contribution in [0.3, 0.4) is 0 Å². The highest BCUT2D eigenvalue weighted by molar-refractivity contribution is 7.25. The summed E-state index contributed by atoms with van der Waals surface area (Å²) in [4.78, 5) is 7.31. The molecule has 300 valence electrons. The molecule has 0 aliphatic carbocycles. The van der Waals surface area contributed by atoms with E-state index in [9.17, 15) is 0 Å². The van der Waals surface area contributed by atoms with Crippen LogP contribution in [0.2, 0.25) is 0 Å². The molecule has 0 amide bonds. The maximum Gasteiger partial charge on any atom is 0.227 e. The summed E-state index contributed by atoms with van der Waals surface area (Å²) < 4.78 is 11.6. The molecule has 0 unspecified atom stereocenters. The number of hydrogen-bond acceptors (Lipinski definition) is 4. The number of fused-ring (bicyclic) bond motifs is 9. The molecule has 0 atom stereocenters. The minimum atomic E-state index is 0.612. The second kappa shape index (κ2) is 14.7. The number of para-hydroxylation sites is 2. The fourth-order valence-electron chi connectivity index (χ4n) is 9.62. The molecule has 0 saturated carbocycles. The Bertz CT molecular complexity index is 3920. The van der Waals surface area contributed by atoms with Crippen molar-refractivity contribution in [2.45, 2.75) is 0 Å². The first kappa shape index (κ1) is 36.4. The zero-order valence-electron chi connectivity index (χ0n) is 34.5. The fourth-order valence-corrected chi connectivity index (χ4v) is 10.7. The number of thiophene rings is 1. The Morgan fingerprint density at radius 2 is 1.08 bits per heavy atom. The zero-order valence-corrected chi connectivity index (χ0v) is 35.3. The minimum Gasteiger partial charge on any atom is -0.435 e. The molecule has 0 radical (unpaired) electrons. The van der Waals surface area contributed by atoms with Crippen molar-refractivity contribution in [1.29, 1.82) is 0 Å². The van der Waals surface area contributed by atoms with Crippen molar-refractivity contribution in [2.24, 2.45) is 0 Å². The summed E-state index contributed by atoms with van der Waals surface area (Å²) in [7, 11) is 0. The van der Waals surface area contributed by atoms with Crippen LogP contribution in [0.1, 0.15) is 0 Å². The fraction of sp³-hybridized carbons (Fsp3) is 0. The molecule has 0 fully saturated rings. The second-order valence-corrected chi connectivity index (χ2v) is 17.4. The van der Waals surface area contributed by atoms with Crippen LogP contribution in [-0.4, -0.2) is 9.55 Å². The summed E-state index contributed by atoms with van der Waals surface area (Å²) in [6.07, 6.45) is 0. The van der Waals surface area contributed by atoms with Crippen LogP contribution in [-0.2, 0) is 0 Å². The molecule has 13 rings (SSSR count). The Morgan fingerprint density at radius 3 is 1.94 bits per heavy atom. The molecular weight excluding hydrogens is 799 g/mol. The number of aromatic nitrogens is 2. The van der Waals surface area contributed by atoms with Crippen LogP contribution in [0.25, 0.3) is 103 Å². The van der Waals surface area contributed by atoms with Gasteiger partial charge in [0, 0.05) is 70.2 Å². The summed E-state index contributed by atoms with van der Waals surface area (Å²) in [5.41, 5.74) is 13.5. The van der Waals surface area contributed by atoms with E-state index in [2.05, 4.69) is 198 Å². The molecule has 5 heteroatoms. The van der Waals surface area contributed by atoms with Crippen LogP contribution in [0.5, 0.6) is 0 Å². The van der Waals surface area contributed by atoms with Gasteiger partial charge in [-0.2, -0.15) is 0 Å². The lowest BCUT2D eigenvalue weighted by molar-refractivity contribution is 0.621. The maximum absolute atomic E-state index is 6.56. The number of oxazole rings is 1. The van der Waals surface area contributed by atoms with E-state index in [1.165, 1.54) is 52.8 Å². The minimum absolute atomic E-state index is 0.612. The molecule has 0 spiro atoms. The van der Waals surface area contributed by atoms with Crippen molar-refractivity contribution >= 4 is 92.2 Å². The van der Waals surface area contributed by atoms with Gasteiger partial charge in [0.15, 0.2) is 5.58 Å². The third kappa shape index (κ3) is 5.93. The number of nitrogens with zero attached hydrogens (tertiary/aromatic N) is 3. The predicted molar refractivity (Wildman–Crippen MR) is 270 cm³/mol. The first-order valence-electron chi connectivity index (χ1n) is 21.6.